The van der Waals surface area contributed by atoms with Gasteiger partial charge in [-0.1, -0.05) is 22.0 Å². The molecule has 4 heteroatoms. The van der Waals surface area contributed by atoms with Gasteiger partial charge < -0.3 is 14.9 Å². The number of phenols is 1. The Balaban J connectivity index is 2.93. The van der Waals surface area contributed by atoms with E-state index in [1.807, 2.05) is 6.92 Å². The predicted octanol–water partition coefficient (Wildman–Crippen LogP) is 2.22. The van der Waals surface area contributed by atoms with Crippen LogP contribution >= 0.6 is 15.9 Å². The highest BCUT2D eigenvalue weighted by Gasteiger charge is 2.09. The van der Waals surface area contributed by atoms with Crippen molar-refractivity contribution in [2.45, 2.75) is 13.0 Å². The molecule has 14 heavy (non-hydrogen) atoms. The highest BCUT2D eigenvalue weighted by molar-refractivity contribution is 9.09. The van der Waals surface area contributed by atoms with Crippen molar-refractivity contribution in [3.8, 4) is 11.5 Å². The molecule has 0 aliphatic rings. The second-order valence-electron chi connectivity index (χ2n) is 2.83. The summed E-state index contributed by atoms with van der Waals surface area (Å²) in [6.45, 7) is 2.33. The van der Waals surface area contributed by atoms with E-state index in [4.69, 9.17) is 4.74 Å². The van der Waals surface area contributed by atoms with E-state index in [0.29, 0.717) is 17.7 Å². The minimum absolute atomic E-state index is 0.0948. The lowest BCUT2D eigenvalue weighted by molar-refractivity contribution is 0.204. The fourth-order valence-corrected chi connectivity index (χ4v) is 1.47. The smallest absolute Gasteiger partial charge is 0.161 e. The third kappa shape index (κ3) is 2.62. The van der Waals surface area contributed by atoms with E-state index < -0.39 is 6.10 Å². The molecule has 0 radical (unpaired) electrons. The topological polar surface area (TPSA) is 49.7 Å². The maximum atomic E-state index is 9.53. The van der Waals surface area contributed by atoms with Crippen LogP contribution in [0.4, 0.5) is 0 Å². The number of aromatic hydroxyl groups is 1. The van der Waals surface area contributed by atoms with Gasteiger partial charge in [0.15, 0.2) is 11.5 Å². The molecule has 0 bridgehead atoms. The molecule has 0 fully saturated rings. The Morgan fingerprint density at radius 1 is 1.50 bits per heavy atom. The van der Waals surface area contributed by atoms with Gasteiger partial charge >= 0.3 is 0 Å². The van der Waals surface area contributed by atoms with Gasteiger partial charge in [0, 0.05) is 5.33 Å². The lowest BCUT2D eigenvalue weighted by Gasteiger charge is -2.11. The molecule has 1 atom stereocenters. The molecule has 0 heterocycles. The van der Waals surface area contributed by atoms with E-state index in [-0.39, 0.29) is 5.75 Å². The summed E-state index contributed by atoms with van der Waals surface area (Å²) in [4.78, 5) is 0. The fourth-order valence-electron chi connectivity index (χ4n) is 1.10. The average Bonchev–Trinajstić information content (AvgIpc) is 2.20. The number of hydrogen-bond donors (Lipinski definition) is 2. The average molecular weight is 261 g/mol. The van der Waals surface area contributed by atoms with Crippen molar-refractivity contribution < 1.29 is 14.9 Å². The van der Waals surface area contributed by atoms with E-state index in [0.717, 1.165) is 5.56 Å². The molecule has 0 saturated carbocycles. The third-order valence-electron chi connectivity index (χ3n) is 1.81. The zero-order valence-electron chi connectivity index (χ0n) is 7.90. The number of benzene rings is 1. The molecule has 0 aliphatic carbocycles. The highest BCUT2D eigenvalue weighted by Crippen LogP contribution is 2.29. The van der Waals surface area contributed by atoms with Gasteiger partial charge in [-0.2, -0.15) is 0 Å². The summed E-state index contributed by atoms with van der Waals surface area (Å²) in [5.74, 6) is 0.502. The summed E-state index contributed by atoms with van der Waals surface area (Å²) in [6, 6.07) is 4.83. The minimum atomic E-state index is -0.574. The van der Waals surface area contributed by atoms with Gasteiger partial charge in [-0.05, 0) is 24.6 Å². The van der Waals surface area contributed by atoms with Gasteiger partial charge in [0.2, 0.25) is 0 Å². The normalized spacial score (nSPS) is 12.5. The van der Waals surface area contributed by atoms with Crippen LogP contribution in [-0.4, -0.2) is 22.2 Å². The van der Waals surface area contributed by atoms with Gasteiger partial charge in [-0.15, -0.1) is 0 Å². The molecular weight excluding hydrogens is 248 g/mol. The van der Waals surface area contributed by atoms with Gasteiger partial charge in [0.25, 0.3) is 0 Å². The van der Waals surface area contributed by atoms with Crippen LogP contribution in [0, 0.1) is 0 Å². The van der Waals surface area contributed by atoms with Crippen LogP contribution in [-0.2, 0) is 0 Å². The van der Waals surface area contributed by atoms with Crippen LogP contribution in [0.2, 0.25) is 0 Å². The van der Waals surface area contributed by atoms with Gasteiger partial charge in [-0.3, -0.25) is 0 Å². The monoisotopic (exact) mass is 260 g/mol. The molecule has 0 aromatic heterocycles. The molecule has 78 valence electrons. The Morgan fingerprint density at radius 2 is 2.21 bits per heavy atom. The van der Waals surface area contributed by atoms with Crippen molar-refractivity contribution in [2.75, 3.05) is 11.9 Å². The maximum Gasteiger partial charge on any atom is 0.161 e. The first-order valence-corrected chi connectivity index (χ1v) is 5.51. The Hall–Kier alpha value is -0.740. The van der Waals surface area contributed by atoms with E-state index in [2.05, 4.69) is 15.9 Å². The predicted molar refractivity (Wildman–Crippen MR) is 58.0 cm³/mol. The van der Waals surface area contributed by atoms with Gasteiger partial charge in [-0.25, -0.2) is 0 Å². The highest BCUT2D eigenvalue weighted by atomic mass is 79.9. The van der Waals surface area contributed by atoms with Crippen molar-refractivity contribution in [1.82, 2.24) is 0 Å². The van der Waals surface area contributed by atoms with Crippen LogP contribution in [0.25, 0.3) is 0 Å². The van der Waals surface area contributed by atoms with Crippen molar-refractivity contribution in [1.29, 1.82) is 0 Å². The van der Waals surface area contributed by atoms with E-state index in [9.17, 15) is 10.2 Å². The molecule has 1 unspecified atom stereocenters. The molecule has 0 amide bonds. The Kier molecular flexibility index (Phi) is 4.22. The Morgan fingerprint density at radius 3 is 2.79 bits per heavy atom. The van der Waals surface area contributed by atoms with E-state index in [1.54, 1.807) is 12.1 Å². The SMILES string of the molecule is CCOc1cc(C(O)CBr)ccc1O. The second kappa shape index (κ2) is 5.22. The second-order valence-corrected chi connectivity index (χ2v) is 3.48. The number of halogens is 1. The lowest BCUT2D eigenvalue weighted by atomic mass is 10.1. The molecular formula is C10H13BrO3. The number of phenolic OH excluding ortho intramolecular Hbond substituents is 1. The van der Waals surface area contributed by atoms with E-state index >= 15 is 0 Å². The summed E-state index contributed by atoms with van der Waals surface area (Å²) in [5, 5.41) is 19.4. The maximum absolute atomic E-state index is 9.53. The molecule has 0 aliphatic heterocycles. The van der Waals surface area contributed by atoms with Crippen molar-refractivity contribution in [3.63, 3.8) is 0 Å². The van der Waals surface area contributed by atoms with Crippen molar-refractivity contribution in [3.05, 3.63) is 23.8 Å². The van der Waals surface area contributed by atoms with Crippen molar-refractivity contribution >= 4 is 15.9 Å². The molecule has 1 aromatic rings. The Bertz CT molecular complexity index is 301. The zero-order chi connectivity index (χ0) is 10.6. The number of ether oxygens (including phenoxy) is 1. The van der Waals surface area contributed by atoms with Crippen LogP contribution in [0.15, 0.2) is 18.2 Å². The minimum Gasteiger partial charge on any atom is -0.504 e. The zero-order valence-corrected chi connectivity index (χ0v) is 9.49. The Labute approximate surface area is 91.5 Å². The third-order valence-corrected chi connectivity index (χ3v) is 2.43. The van der Waals surface area contributed by atoms with Crippen LogP contribution < -0.4 is 4.74 Å². The molecule has 0 saturated heterocycles. The molecule has 3 nitrogen and oxygen atoms in total. The standard InChI is InChI=1S/C10H13BrO3/c1-2-14-10-5-7(9(13)6-11)3-4-8(10)12/h3-5,9,12-13H,2,6H2,1H3. The fraction of sp³-hybridized carbons (Fsp3) is 0.400. The quantitative estimate of drug-likeness (QED) is 0.817. The first-order valence-electron chi connectivity index (χ1n) is 4.38. The van der Waals surface area contributed by atoms with Crippen LogP contribution in [0.3, 0.4) is 0 Å². The lowest BCUT2D eigenvalue weighted by Crippen LogP contribution is -1.99. The summed E-state index contributed by atoms with van der Waals surface area (Å²) in [7, 11) is 0. The van der Waals surface area contributed by atoms with Crippen LogP contribution in [0.5, 0.6) is 11.5 Å². The molecule has 0 spiro atoms. The first-order chi connectivity index (χ1) is 6.69. The summed E-state index contributed by atoms with van der Waals surface area (Å²) < 4.78 is 5.20. The number of aliphatic hydroxyl groups is 1. The summed E-state index contributed by atoms with van der Waals surface area (Å²) in [6.07, 6.45) is -0.574. The number of rotatable bonds is 4. The van der Waals surface area contributed by atoms with Gasteiger partial charge in [0.1, 0.15) is 0 Å². The molecule has 1 rings (SSSR count). The van der Waals surface area contributed by atoms with E-state index in [1.165, 1.54) is 6.07 Å². The number of alkyl halides is 1. The molecule has 1 aromatic carbocycles. The summed E-state index contributed by atoms with van der Waals surface area (Å²) >= 11 is 3.18. The van der Waals surface area contributed by atoms with Gasteiger partial charge in [0.05, 0.1) is 12.7 Å². The first kappa shape index (κ1) is 11.3. The number of hydrogen-bond acceptors (Lipinski definition) is 3. The van der Waals surface area contributed by atoms with Crippen LogP contribution in [0.1, 0.15) is 18.6 Å². The largest absolute Gasteiger partial charge is 0.504 e. The molecule has 2 N–H and O–H groups in total. The number of aliphatic hydroxyl groups excluding tert-OH is 1. The van der Waals surface area contributed by atoms with Crippen molar-refractivity contribution in [2.24, 2.45) is 0 Å². The summed E-state index contributed by atoms with van der Waals surface area (Å²) in [5.41, 5.74) is 0.725.